The van der Waals surface area contributed by atoms with Crippen molar-refractivity contribution in [1.82, 2.24) is 29.3 Å². The smallest absolute Gasteiger partial charge is 0.331 e. The normalized spacial score (nSPS) is 18.1. The standard InChI is InChI=1S/C22H28N8O.C4H4O4/c1-26-16-17(8-11-28-12-14-29(15-13-28)20-23-9-5-10-24-20)27(2)21-25-18-6-3-4-7-19(18)30(21)22(26)31;5-3(6)1-2-4(7)8/h3-7,9-10,17H,8,11-16H2,1-2H3;1-2H,(H,5,6)(H,7,8)/b;2-1+. The molecule has 3 aromatic rings. The average Bonchev–Trinajstić information content (AvgIpc) is 3.30. The van der Waals surface area contributed by atoms with Crippen molar-refractivity contribution in [3.05, 3.63) is 54.9 Å². The van der Waals surface area contributed by atoms with Gasteiger partial charge in [-0.25, -0.2) is 33.9 Å². The molecule has 13 heteroatoms. The highest BCUT2D eigenvalue weighted by Crippen LogP contribution is 2.27. The summed E-state index contributed by atoms with van der Waals surface area (Å²) in [6.45, 7) is 5.51. The van der Waals surface area contributed by atoms with Gasteiger partial charge in [0.15, 0.2) is 0 Å². The van der Waals surface area contributed by atoms with Crippen LogP contribution in [0.1, 0.15) is 6.42 Å². The Morgan fingerprint density at radius 1 is 0.974 bits per heavy atom. The summed E-state index contributed by atoms with van der Waals surface area (Å²) in [5, 5.41) is 15.6. The molecule has 0 bridgehead atoms. The van der Waals surface area contributed by atoms with E-state index in [1.54, 1.807) is 17.0 Å². The Kier molecular flexibility index (Phi) is 8.71. The summed E-state index contributed by atoms with van der Waals surface area (Å²) in [7, 11) is 3.94. The molecule has 1 saturated heterocycles. The molecule has 1 unspecified atom stereocenters. The van der Waals surface area contributed by atoms with Crippen LogP contribution in [-0.2, 0) is 9.59 Å². The van der Waals surface area contributed by atoms with Crippen molar-refractivity contribution in [3.63, 3.8) is 0 Å². The maximum atomic E-state index is 13.1. The van der Waals surface area contributed by atoms with Crippen LogP contribution < -0.4 is 9.80 Å². The molecule has 1 atom stereocenters. The fraction of sp³-hybridized carbons (Fsp3) is 0.385. The first-order valence-corrected chi connectivity index (χ1v) is 12.6. The lowest BCUT2D eigenvalue weighted by Crippen LogP contribution is -2.49. The summed E-state index contributed by atoms with van der Waals surface area (Å²) < 4.78 is 1.74. The lowest BCUT2D eigenvalue weighted by molar-refractivity contribution is -0.134. The first-order chi connectivity index (χ1) is 18.7. The van der Waals surface area contributed by atoms with Gasteiger partial charge in [-0.05, 0) is 24.6 Å². The number of carboxylic acid groups (broad SMARTS) is 2. The Hall–Kier alpha value is -4.52. The van der Waals surface area contributed by atoms with Crippen LogP contribution in [0.2, 0.25) is 0 Å². The molecule has 206 valence electrons. The van der Waals surface area contributed by atoms with E-state index in [2.05, 4.69) is 31.7 Å². The second kappa shape index (κ2) is 12.3. The summed E-state index contributed by atoms with van der Waals surface area (Å²) >= 11 is 0. The van der Waals surface area contributed by atoms with Crippen molar-refractivity contribution in [3.8, 4) is 0 Å². The van der Waals surface area contributed by atoms with E-state index in [1.807, 2.05) is 42.3 Å². The number of fused-ring (bicyclic) bond motifs is 3. The summed E-state index contributed by atoms with van der Waals surface area (Å²) in [4.78, 5) is 54.4. The molecule has 0 spiro atoms. The molecular weight excluding hydrogens is 504 g/mol. The van der Waals surface area contributed by atoms with Crippen molar-refractivity contribution < 1.29 is 24.6 Å². The first kappa shape index (κ1) is 27.5. The van der Waals surface area contributed by atoms with Gasteiger partial charge in [-0.15, -0.1) is 0 Å². The number of piperazine rings is 1. The van der Waals surface area contributed by atoms with Gasteiger partial charge in [0.2, 0.25) is 11.9 Å². The number of carboxylic acids is 2. The highest BCUT2D eigenvalue weighted by atomic mass is 16.4. The zero-order valence-electron chi connectivity index (χ0n) is 21.9. The van der Waals surface area contributed by atoms with Gasteiger partial charge in [0, 0.05) is 77.9 Å². The van der Waals surface area contributed by atoms with Crippen LogP contribution in [0.15, 0.2) is 54.9 Å². The van der Waals surface area contributed by atoms with Crippen molar-refractivity contribution in [2.24, 2.45) is 0 Å². The highest BCUT2D eigenvalue weighted by Gasteiger charge is 2.32. The summed E-state index contributed by atoms with van der Waals surface area (Å²) in [6.07, 6.45) is 5.67. The van der Waals surface area contributed by atoms with Gasteiger partial charge in [0.25, 0.3) is 0 Å². The number of aromatic nitrogens is 4. The Morgan fingerprint density at radius 3 is 2.26 bits per heavy atom. The molecule has 2 aliphatic rings. The van der Waals surface area contributed by atoms with Gasteiger partial charge in [-0.2, -0.15) is 0 Å². The zero-order chi connectivity index (χ0) is 27.9. The molecule has 39 heavy (non-hydrogen) atoms. The van der Waals surface area contributed by atoms with E-state index in [1.165, 1.54) is 0 Å². The highest BCUT2D eigenvalue weighted by molar-refractivity contribution is 5.93. The van der Waals surface area contributed by atoms with Crippen molar-refractivity contribution in [1.29, 1.82) is 0 Å². The van der Waals surface area contributed by atoms with Gasteiger partial charge in [-0.1, -0.05) is 12.1 Å². The Labute approximate surface area is 225 Å². The third-order valence-electron chi connectivity index (χ3n) is 6.76. The SMILES string of the molecule is CN1CC(CCN2CCN(c3ncccn3)CC2)N(C)c2nc3ccccc3n2C1=O.O=C(O)/C=C/C(=O)O. The molecule has 13 nitrogen and oxygen atoms in total. The number of imidazole rings is 1. The lowest BCUT2D eigenvalue weighted by atomic mass is 10.1. The molecule has 0 aliphatic carbocycles. The van der Waals surface area contributed by atoms with E-state index < -0.39 is 11.9 Å². The van der Waals surface area contributed by atoms with Gasteiger partial charge in [-0.3, -0.25) is 4.90 Å². The lowest BCUT2D eigenvalue weighted by Gasteiger charge is -2.36. The van der Waals surface area contributed by atoms with E-state index in [4.69, 9.17) is 15.2 Å². The van der Waals surface area contributed by atoms with Gasteiger partial charge < -0.3 is 24.9 Å². The van der Waals surface area contributed by atoms with Crippen molar-refractivity contribution in [2.75, 3.05) is 63.2 Å². The second-order valence-corrected chi connectivity index (χ2v) is 9.34. The second-order valence-electron chi connectivity index (χ2n) is 9.34. The van der Waals surface area contributed by atoms with Gasteiger partial charge >= 0.3 is 18.0 Å². The predicted octanol–water partition coefficient (Wildman–Crippen LogP) is 1.47. The van der Waals surface area contributed by atoms with E-state index in [-0.39, 0.29) is 12.1 Å². The number of aliphatic carboxylic acids is 2. The minimum atomic E-state index is -1.26. The molecule has 1 amide bonds. The number of rotatable bonds is 6. The molecule has 0 radical (unpaired) electrons. The number of nitrogens with zero attached hydrogens (tertiary/aromatic N) is 8. The molecular formula is C26H32N8O5. The van der Waals surface area contributed by atoms with Crippen LogP contribution in [0.3, 0.4) is 0 Å². The number of amides is 1. The topological polar surface area (TPSA) is 148 Å². The quantitative estimate of drug-likeness (QED) is 0.441. The van der Waals surface area contributed by atoms with E-state index >= 15 is 0 Å². The fourth-order valence-corrected chi connectivity index (χ4v) is 4.67. The van der Waals surface area contributed by atoms with Crippen LogP contribution in [-0.4, -0.2) is 117 Å². The summed E-state index contributed by atoms with van der Waals surface area (Å²) in [5.74, 6) is -0.976. The molecule has 1 aromatic carbocycles. The number of carbonyl (C=O) groups excluding carboxylic acids is 1. The monoisotopic (exact) mass is 536 g/mol. The van der Waals surface area contributed by atoms with Gasteiger partial charge in [0.05, 0.1) is 17.1 Å². The Morgan fingerprint density at radius 2 is 1.62 bits per heavy atom. The van der Waals surface area contributed by atoms with Gasteiger partial charge in [0.1, 0.15) is 0 Å². The molecule has 2 aliphatic heterocycles. The van der Waals surface area contributed by atoms with Crippen molar-refractivity contribution >= 4 is 40.9 Å². The van der Waals surface area contributed by atoms with E-state index in [0.29, 0.717) is 18.7 Å². The number of hydrogen-bond acceptors (Lipinski definition) is 9. The predicted molar refractivity (Wildman–Crippen MR) is 145 cm³/mol. The molecule has 1 fully saturated rings. The zero-order valence-corrected chi connectivity index (χ0v) is 21.9. The maximum absolute atomic E-state index is 13.1. The van der Waals surface area contributed by atoms with Crippen LogP contribution >= 0.6 is 0 Å². The minimum Gasteiger partial charge on any atom is -0.478 e. The number of para-hydroxylation sites is 2. The minimum absolute atomic E-state index is 0.0190. The summed E-state index contributed by atoms with van der Waals surface area (Å²) in [6, 6.07) is 9.87. The van der Waals surface area contributed by atoms with E-state index in [0.717, 1.165) is 62.1 Å². The maximum Gasteiger partial charge on any atom is 0.331 e. The van der Waals surface area contributed by atoms with Crippen LogP contribution in [0, 0.1) is 0 Å². The van der Waals surface area contributed by atoms with E-state index in [9.17, 15) is 14.4 Å². The van der Waals surface area contributed by atoms with Crippen molar-refractivity contribution in [2.45, 2.75) is 12.5 Å². The molecule has 2 N–H and O–H groups in total. The Balaban J connectivity index is 0.000000386. The number of hydrogen-bond donors (Lipinski definition) is 2. The number of carbonyl (C=O) groups is 3. The first-order valence-electron chi connectivity index (χ1n) is 12.6. The third kappa shape index (κ3) is 6.68. The fourth-order valence-electron chi connectivity index (χ4n) is 4.67. The molecule has 4 heterocycles. The molecule has 0 saturated carbocycles. The largest absolute Gasteiger partial charge is 0.478 e. The molecule has 2 aromatic heterocycles. The number of anilines is 2. The summed E-state index contributed by atoms with van der Waals surface area (Å²) in [5.41, 5.74) is 1.71. The number of likely N-dealkylation sites (N-methyl/N-ethyl adjacent to an activating group) is 2. The Bertz CT molecular complexity index is 1320. The van der Waals surface area contributed by atoms with Crippen LogP contribution in [0.25, 0.3) is 11.0 Å². The average molecular weight is 537 g/mol. The molecule has 5 rings (SSSR count). The van der Waals surface area contributed by atoms with Crippen LogP contribution in [0.4, 0.5) is 16.7 Å². The number of benzene rings is 1. The van der Waals surface area contributed by atoms with Crippen LogP contribution in [0.5, 0.6) is 0 Å². The third-order valence-corrected chi connectivity index (χ3v) is 6.76.